The first-order valence-corrected chi connectivity index (χ1v) is 9.81. The Kier molecular flexibility index (Phi) is 7.51. The third-order valence-electron chi connectivity index (χ3n) is 4.47. The summed E-state index contributed by atoms with van der Waals surface area (Å²) in [7, 11) is 0. The number of rotatable bonds is 8. The first-order valence-electron chi connectivity index (χ1n) is 9.81. The van der Waals surface area contributed by atoms with Crippen molar-refractivity contribution in [1.29, 1.82) is 10.5 Å². The third kappa shape index (κ3) is 6.16. The molecule has 154 valence electrons. The molecule has 3 rings (SSSR count). The molecule has 6 heteroatoms. The average molecular weight is 418 g/mol. The van der Waals surface area contributed by atoms with Crippen molar-refractivity contribution < 1.29 is 9.59 Å². The summed E-state index contributed by atoms with van der Waals surface area (Å²) >= 11 is 0. The summed E-state index contributed by atoms with van der Waals surface area (Å²) in [5.74, 6) is -0.518. The van der Waals surface area contributed by atoms with Crippen LogP contribution >= 0.6 is 0 Å². The normalized spacial score (nSPS) is 10.7. The highest BCUT2D eigenvalue weighted by atomic mass is 16.1. The molecule has 0 saturated heterocycles. The van der Waals surface area contributed by atoms with Crippen LogP contribution in [0, 0.1) is 22.7 Å². The van der Waals surface area contributed by atoms with Crippen LogP contribution in [0.2, 0.25) is 0 Å². The van der Waals surface area contributed by atoms with Crippen LogP contribution in [-0.4, -0.2) is 21.5 Å². The standard InChI is InChI=1S/C26H18N4O2/c27-17-25-26(18-28)30-24(16-22(32)14-12-20-9-5-2-6-10-20)23(29-25)15-21(31)13-11-19-7-3-1-4-8-19/h1-14H,15-16H2/b13-11+,14-12+. The molecule has 0 radical (unpaired) electrons. The molecule has 0 spiro atoms. The van der Waals surface area contributed by atoms with Gasteiger partial charge in [-0.1, -0.05) is 72.8 Å². The largest absolute Gasteiger partial charge is 0.294 e. The lowest BCUT2D eigenvalue weighted by Crippen LogP contribution is -2.13. The highest BCUT2D eigenvalue weighted by molar-refractivity contribution is 5.96. The molecular formula is C26H18N4O2. The second kappa shape index (κ2) is 10.9. The van der Waals surface area contributed by atoms with Crippen molar-refractivity contribution in [2.24, 2.45) is 0 Å². The Hall–Kier alpha value is -4.68. The van der Waals surface area contributed by atoms with Crippen LogP contribution in [0.5, 0.6) is 0 Å². The van der Waals surface area contributed by atoms with Gasteiger partial charge in [0.15, 0.2) is 23.0 Å². The van der Waals surface area contributed by atoms with E-state index in [1.54, 1.807) is 12.2 Å². The van der Waals surface area contributed by atoms with E-state index < -0.39 is 0 Å². The number of carbonyl (C=O) groups is 2. The summed E-state index contributed by atoms with van der Waals surface area (Å²) in [6.45, 7) is 0. The average Bonchev–Trinajstić information content (AvgIpc) is 2.83. The van der Waals surface area contributed by atoms with Gasteiger partial charge in [-0.2, -0.15) is 10.5 Å². The maximum Gasteiger partial charge on any atom is 0.177 e. The second-order valence-corrected chi connectivity index (χ2v) is 6.81. The van der Waals surface area contributed by atoms with Gasteiger partial charge in [0.1, 0.15) is 12.1 Å². The predicted molar refractivity (Wildman–Crippen MR) is 120 cm³/mol. The number of hydrogen-bond acceptors (Lipinski definition) is 6. The zero-order valence-corrected chi connectivity index (χ0v) is 17.1. The van der Waals surface area contributed by atoms with Gasteiger partial charge < -0.3 is 0 Å². The number of nitrogens with zero attached hydrogens (tertiary/aromatic N) is 4. The summed E-state index contributed by atoms with van der Waals surface area (Å²) in [4.78, 5) is 33.3. The lowest BCUT2D eigenvalue weighted by molar-refractivity contribution is -0.115. The van der Waals surface area contributed by atoms with Crippen LogP contribution in [-0.2, 0) is 22.4 Å². The van der Waals surface area contributed by atoms with Gasteiger partial charge in [0.2, 0.25) is 0 Å². The molecule has 32 heavy (non-hydrogen) atoms. The van der Waals surface area contributed by atoms with Gasteiger partial charge in [0.05, 0.1) is 24.2 Å². The van der Waals surface area contributed by atoms with Crippen LogP contribution in [0.1, 0.15) is 33.9 Å². The van der Waals surface area contributed by atoms with Crippen LogP contribution in [0.15, 0.2) is 72.8 Å². The number of hydrogen-bond donors (Lipinski definition) is 0. The number of carbonyl (C=O) groups excluding carboxylic acids is 2. The van der Waals surface area contributed by atoms with Crippen molar-refractivity contribution in [1.82, 2.24) is 9.97 Å². The number of ketones is 2. The predicted octanol–water partition coefficient (Wildman–Crippen LogP) is 3.87. The summed E-state index contributed by atoms with van der Waals surface area (Å²) in [6.07, 6.45) is 5.92. The zero-order chi connectivity index (χ0) is 22.8. The van der Waals surface area contributed by atoms with Crippen molar-refractivity contribution in [2.45, 2.75) is 12.8 Å². The fourth-order valence-electron chi connectivity index (χ4n) is 2.90. The van der Waals surface area contributed by atoms with E-state index >= 15 is 0 Å². The summed E-state index contributed by atoms with van der Waals surface area (Å²) < 4.78 is 0. The Morgan fingerprint density at radius 3 is 1.41 bits per heavy atom. The summed E-state index contributed by atoms with van der Waals surface area (Å²) in [5.41, 5.74) is 1.82. The molecule has 6 nitrogen and oxygen atoms in total. The second-order valence-electron chi connectivity index (χ2n) is 6.81. The molecule has 0 aliphatic heterocycles. The molecule has 0 atom stereocenters. The molecule has 1 aromatic heterocycles. The minimum absolute atomic E-state index is 0.137. The van der Waals surface area contributed by atoms with Crippen LogP contribution < -0.4 is 0 Å². The van der Waals surface area contributed by atoms with Crippen LogP contribution in [0.25, 0.3) is 12.2 Å². The molecule has 0 bridgehead atoms. The van der Waals surface area contributed by atoms with E-state index in [9.17, 15) is 20.1 Å². The maximum absolute atomic E-state index is 12.5. The molecular weight excluding hydrogens is 400 g/mol. The fraction of sp³-hybridized carbons (Fsp3) is 0.0769. The minimum atomic E-state index is -0.259. The Morgan fingerprint density at radius 1 is 0.688 bits per heavy atom. The van der Waals surface area contributed by atoms with Crippen molar-refractivity contribution in [3.63, 3.8) is 0 Å². The van der Waals surface area contributed by atoms with E-state index in [1.807, 2.05) is 72.8 Å². The molecule has 0 aliphatic rings. The molecule has 0 N–H and O–H groups in total. The van der Waals surface area contributed by atoms with Crippen molar-refractivity contribution >= 4 is 23.7 Å². The first kappa shape index (κ1) is 22.0. The number of nitriles is 2. The highest BCUT2D eigenvalue weighted by Crippen LogP contribution is 2.13. The van der Waals surface area contributed by atoms with E-state index in [2.05, 4.69) is 9.97 Å². The van der Waals surface area contributed by atoms with E-state index in [-0.39, 0.29) is 47.2 Å². The minimum Gasteiger partial charge on any atom is -0.294 e. The number of aromatic nitrogens is 2. The molecule has 3 aromatic rings. The Bertz CT molecular complexity index is 1160. The van der Waals surface area contributed by atoms with Gasteiger partial charge in [-0.3, -0.25) is 9.59 Å². The zero-order valence-electron chi connectivity index (χ0n) is 17.1. The molecule has 0 amide bonds. The number of allylic oxidation sites excluding steroid dienone is 2. The monoisotopic (exact) mass is 418 g/mol. The lowest BCUT2D eigenvalue weighted by atomic mass is 10.1. The molecule has 0 aliphatic carbocycles. The van der Waals surface area contributed by atoms with Gasteiger partial charge in [-0.15, -0.1) is 0 Å². The molecule has 2 aromatic carbocycles. The van der Waals surface area contributed by atoms with Crippen molar-refractivity contribution in [3.05, 3.63) is 107 Å². The van der Waals surface area contributed by atoms with Gasteiger partial charge >= 0.3 is 0 Å². The topological polar surface area (TPSA) is 108 Å². The molecule has 0 fully saturated rings. The highest BCUT2D eigenvalue weighted by Gasteiger charge is 2.17. The van der Waals surface area contributed by atoms with Crippen molar-refractivity contribution in [3.8, 4) is 12.1 Å². The van der Waals surface area contributed by atoms with E-state index in [4.69, 9.17) is 0 Å². The smallest absolute Gasteiger partial charge is 0.177 e. The van der Waals surface area contributed by atoms with E-state index in [0.717, 1.165) is 11.1 Å². The summed E-state index contributed by atoms with van der Waals surface area (Å²) in [6, 6.07) is 22.3. The van der Waals surface area contributed by atoms with E-state index in [1.165, 1.54) is 12.2 Å². The van der Waals surface area contributed by atoms with Gasteiger partial charge in [-0.25, -0.2) is 9.97 Å². The fourth-order valence-corrected chi connectivity index (χ4v) is 2.90. The van der Waals surface area contributed by atoms with Gasteiger partial charge in [0, 0.05) is 0 Å². The molecule has 1 heterocycles. The van der Waals surface area contributed by atoms with Gasteiger partial charge in [0.25, 0.3) is 0 Å². The number of benzene rings is 2. The Balaban J connectivity index is 1.83. The maximum atomic E-state index is 12.5. The van der Waals surface area contributed by atoms with Crippen LogP contribution in [0.3, 0.4) is 0 Å². The van der Waals surface area contributed by atoms with E-state index in [0.29, 0.717) is 0 Å². The van der Waals surface area contributed by atoms with Crippen LogP contribution in [0.4, 0.5) is 0 Å². The SMILES string of the molecule is N#Cc1nc(CC(=O)/C=C/c2ccccc2)c(CC(=O)/C=C/c2ccccc2)nc1C#N. The Labute approximate surface area is 185 Å². The lowest BCUT2D eigenvalue weighted by Gasteiger charge is -2.07. The first-order chi connectivity index (χ1) is 15.6. The third-order valence-corrected chi connectivity index (χ3v) is 4.47. The molecule has 0 saturated carbocycles. The quantitative estimate of drug-likeness (QED) is 0.514. The Morgan fingerprint density at radius 2 is 1.06 bits per heavy atom. The van der Waals surface area contributed by atoms with Gasteiger partial charge in [-0.05, 0) is 23.3 Å². The molecule has 0 unspecified atom stereocenters. The summed E-state index contributed by atoms with van der Waals surface area (Å²) in [5, 5.41) is 18.5. The van der Waals surface area contributed by atoms with Crippen molar-refractivity contribution in [2.75, 3.05) is 0 Å².